The monoisotopic (exact) mass is 316 g/mol. The number of carbonyl (C=O) groups is 2. The number of hydrogen-bond donors (Lipinski definition) is 1. The van der Waals surface area contributed by atoms with Crippen LogP contribution in [0.3, 0.4) is 0 Å². The van der Waals surface area contributed by atoms with Crippen molar-refractivity contribution in [3.05, 3.63) is 65.7 Å². The van der Waals surface area contributed by atoms with Gasteiger partial charge < -0.3 is 10.2 Å². The zero-order valence-electron chi connectivity index (χ0n) is 12.1. The molecule has 1 unspecified atom stereocenters. The Kier molecular flexibility index (Phi) is 4.06. The Balaban J connectivity index is 1.66. The van der Waals surface area contributed by atoms with Crippen molar-refractivity contribution in [3.63, 3.8) is 0 Å². The third-order valence-corrected chi connectivity index (χ3v) is 3.70. The highest BCUT2D eigenvalue weighted by Crippen LogP contribution is 2.22. The Morgan fingerprint density at radius 2 is 1.57 bits per heavy atom. The van der Waals surface area contributed by atoms with Crippen LogP contribution in [-0.2, 0) is 4.79 Å². The van der Waals surface area contributed by atoms with E-state index in [1.54, 1.807) is 0 Å². The molecule has 4 nitrogen and oxygen atoms in total. The maximum atomic E-state index is 12.9. The van der Waals surface area contributed by atoms with Crippen LogP contribution >= 0.6 is 0 Å². The van der Waals surface area contributed by atoms with Crippen LogP contribution in [0.2, 0.25) is 0 Å². The lowest BCUT2D eigenvalue weighted by Crippen LogP contribution is -2.37. The summed E-state index contributed by atoms with van der Waals surface area (Å²) in [6.07, 6.45) is 0.171. The third kappa shape index (κ3) is 3.36. The summed E-state index contributed by atoms with van der Waals surface area (Å²) in [5, 5.41) is 2.76. The van der Waals surface area contributed by atoms with Gasteiger partial charge >= 0.3 is 0 Å². The van der Waals surface area contributed by atoms with Crippen LogP contribution in [0.5, 0.6) is 0 Å². The van der Waals surface area contributed by atoms with Gasteiger partial charge in [-0.2, -0.15) is 0 Å². The first-order valence-corrected chi connectivity index (χ1v) is 7.15. The van der Waals surface area contributed by atoms with E-state index in [1.807, 2.05) is 0 Å². The number of anilines is 1. The van der Waals surface area contributed by atoms with Crippen LogP contribution in [0.25, 0.3) is 0 Å². The fourth-order valence-electron chi connectivity index (χ4n) is 2.54. The molecule has 0 aromatic heterocycles. The summed E-state index contributed by atoms with van der Waals surface area (Å²) in [6.45, 7) is 0.317. The van der Waals surface area contributed by atoms with Crippen LogP contribution in [0, 0.1) is 11.6 Å². The van der Waals surface area contributed by atoms with E-state index in [4.69, 9.17) is 0 Å². The summed E-state index contributed by atoms with van der Waals surface area (Å²) in [5.74, 6) is -1.29. The molecule has 1 heterocycles. The zero-order chi connectivity index (χ0) is 16.4. The van der Waals surface area contributed by atoms with Crippen molar-refractivity contribution < 1.29 is 18.4 Å². The second-order valence-electron chi connectivity index (χ2n) is 5.36. The standard InChI is InChI=1S/C17H14F2N2O2/c18-12-3-1-11(2-4-12)17(23)20-14-9-16(22)21(10-14)15-7-5-13(19)6-8-15/h1-8,14H,9-10H2,(H,20,23). The van der Waals surface area contributed by atoms with Crippen molar-refractivity contribution in [3.8, 4) is 0 Å². The summed E-state index contributed by atoms with van der Waals surface area (Å²) in [4.78, 5) is 25.7. The molecular weight excluding hydrogens is 302 g/mol. The van der Waals surface area contributed by atoms with Crippen molar-refractivity contribution in [1.82, 2.24) is 5.32 Å². The van der Waals surface area contributed by atoms with Crippen LogP contribution in [0.4, 0.5) is 14.5 Å². The van der Waals surface area contributed by atoms with Crippen LogP contribution in [-0.4, -0.2) is 24.4 Å². The van der Waals surface area contributed by atoms with Crippen molar-refractivity contribution in [2.75, 3.05) is 11.4 Å². The van der Waals surface area contributed by atoms with Gasteiger partial charge in [0, 0.05) is 24.2 Å². The molecule has 0 bridgehead atoms. The van der Waals surface area contributed by atoms with Gasteiger partial charge in [0.15, 0.2) is 0 Å². The Bertz CT molecular complexity index is 729. The molecule has 3 rings (SSSR count). The first kappa shape index (κ1) is 15.1. The molecule has 0 radical (unpaired) electrons. The molecule has 2 aromatic carbocycles. The average molecular weight is 316 g/mol. The molecule has 2 aromatic rings. The van der Waals surface area contributed by atoms with Gasteiger partial charge in [-0.25, -0.2) is 8.78 Å². The van der Waals surface area contributed by atoms with E-state index in [2.05, 4.69) is 5.32 Å². The SMILES string of the molecule is O=C(NC1CC(=O)N(c2ccc(F)cc2)C1)c1ccc(F)cc1. The number of nitrogens with one attached hydrogen (secondary N) is 1. The number of nitrogens with zero attached hydrogens (tertiary/aromatic N) is 1. The zero-order valence-corrected chi connectivity index (χ0v) is 12.1. The van der Waals surface area contributed by atoms with E-state index in [0.717, 1.165) is 0 Å². The number of halogens is 2. The first-order valence-electron chi connectivity index (χ1n) is 7.15. The Hall–Kier alpha value is -2.76. The van der Waals surface area contributed by atoms with Gasteiger partial charge in [-0.1, -0.05) is 0 Å². The fourth-order valence-corrected chi connectivity index (χ4v) is 2.54. The average Bonchev–Trinajstić information content (AvgIpc) is 2.89. The molecule has 1 saturated heterocycles. The topological polar surface area (TPSA) is 49.4 Å². The number of hydrogen-bond acceptors (Lipinski definition) is 2. The minimum Gasteiger partial charge on any atom is -0.347 e. The maximum absolute atomic E-state index is 12.9. The largest absolute Gasteiger partial charge is 0.347 e. The van der Waals surface area contributed by atoms with Crippen LogP contribution in [0.1, 0.15) is 16.8 Å². The molecule has 0 spiro atoms. The Morgan fingerprint density at radius 3 is 2.17 bits per heavy atom. The normalized spacial score (nSPS) is 17.4. The summed E-state index contributed by atoms with van der Waals surface area (Å²) < 4.78 is 25.8. The molecule has 1 N–H and O–H groups in total. The molecular formula is C17H14F2N2O2. The highest BCUT2D eigenvalue weighted by Gasteiger charge is 2.31. The Morgan fingerprint density at radius 1 is 1.00 bits per heavy atom. The second kappa shape index (κ2) is 6.16. The summed E-state index contributed by atoms with van der Waals surface area (Å²) in [6, 6.07) is 10.5. The molecule has 23 heavy (non-hydrogen) atoms. The molecule has 1 aliphatic heterocycles. The molecule has 6 heteroatoms. The van der Waals surface area contributed by atoms with Crippen molar-refractivity contribution in [2.24, 2.45) is 0 Å². The van der Waals surface area contributed by atoms with E-state index in [0.29, 0.717) is 17.8 Å². The van der Waals surface area contributed by atoms with E-state index >= 15 is 0 Å². The number of benzene rings is 2. The van der Waals surface area contributed by atoms with Crippen molar-refractivity contribution in [1.29, 1.82) is 0 Å². The lowest BCUT2D eigenvalue weighted by molar-refractivity contribution is -0.117. The number of rotatable bonds is 3. The van der Waals surface area contributed by atoms with Gasteiger partial charge in [-0.3, -0.25) is 9.59 Å². The first-order chi connectivity index (χ1) is 11.0. The van der Waals surface area contributed by atoms with E-state index in [1.165, 1.54) is 53.4 Å². The van der Waals surface area contributed by atoms with E-state index < -0.39 is 5.82 Å². The molecule has 1 fully saturated rings. The predicted octanol–water partition coefficient (Wildman–Crippen LogP) is 2.50. The molecule has 1 atom stereocenters. The number of amides is 2. The van der Waals surface area contributed by atoms with Crippen molar-refractivity contribution in [2.45, 2.75) is 12.5 Å². The van der Waals surface area contributed by atoms with Gasteiger partial charge in [0.05, 0.1) is 6.04 Å². The van der Waals surface area contributed by atoms with Crippen LogP contribution < -0.4 is 10.2 Å². The lowest BCUT2D eigenvalue weighted by Gasteiger charge is -2.17. The number of carbonyl (C=O) groups excluding carboxylic acids is 2. The molecule has 0 aliphatic carbocycles. The molecule has 0 saturated carbocycles. The van der Waals surface area contributed by atoms with Crippen LogP contribution in [0.15, 0.2) is 48.5 Å². The quantitative estimate of drug-likeness (QED) is 0.946. The van der Waals surface area contributed by atoms with Gasteiger partial charge in [0.2, 0.25) is 5.91 Å². The smallest absolute Gasteiger partial charge is 0.251 e. The predicted molar refractivity (Wildman–Crippen MR) is 81.0 cm³/mol. The van der Waals surface area contributed by atoms with Gasteiger partial charge in [-0.15, -0.1) is 0 Å². The lowest BCUT2D eigenvalue weighted by atomic mass is 10.2. The second-order valence-corrected chi connectivity index (χ2v) is 5.36. The van der Waals surface area contributed by atoms with Gasteiger partial charge in [0.1, 0.15) is 11.6 Å². The van der Waals surface area contributed by atoms with Gasteiger partial charge in [-0.05, 0) is 48.5 Å². The minimum absolute atomic E-state index is 0.138. The van der Waals surface area contributed by atoms with E-state index in [9.17, 15) is 18.4 Å². The van der Waals surface area contributed by atoms with Gasteiger partial charge in [0.25, 0.3) is 5.91 Å². The highest BCUT2D eigenvalue weighted by molar-refractivity contribution is 5.98. The van der Waals surface area contributed by atoms with Crippen molar-refractivity contribution >= 4 is 17.5 Å². The molecule has 118 valence electrons. The molecule has 2 amide bonds. The maximum Gasteiger partial charge on any atom is 0.251 e. The summed E-state index contributed by atoms with van der Waals surface area (Å²) in [7, 11) is 0. The Labute approximate surface area is 131 Å². The van der Waals surface area contributed by atoms with E-state index in [-0.39, 0.29) is 30.1 Å². The molecule has 1 aliphatic rings. The third-order valence-electron chi connectivity index (χ3n) is 3.70. The fraction of sp³-hybridized carbons (Fsp3) is 0.176. The summed E-state index contributed by atoms with van der Waals surface area (Å²) in [5.41, 5.74) is 0.925. The highest BCUT2D eigenvalue weighted by atomic mass is 19.1. The summed E-state index contributed by atoms with van der Waals surface area (Å²) >= 11 is 0. The minimum atomic E-state index is -0.417.